The zero-order chi connectivity index (χ0) is 8.97. The van der Waals surface area contributed by atoms with Gasteiger partial charge in [-0.05, 0) is 18.6 Å². The van der Waals surface area contributed by atoms with Gasteiger partial charge in [-0.1, -0.05) is 42.5 Å². The first-order valence-corrected chi connectivity index (χ1v) is 4.14. The molecule has 0 aliphatic carbocycles. The molecule has 2 heteroatoms. The molecule has 1 aromatic rings. The van der Waals surface area contributed by atoms with Crippen molar-refractivity contribution in [3.63, 3.8) is 0 Å². The molecule has 1 aromatic carbocycles. The summed E-state index contributed by atoms with van der Waals surface area (Å²) in [6.07, 6.45) is 1.80. The van der Waals surface area contributed by atoms with Gasteiger partial charge in [0.2, 0.25) is 0 Å². The Labute approximate surface area is 77.9 Å². The van der Waals surface area contributed by atoms with Crippen molar-refractivity contribution in [3.8, 4) is 0 Å². The first-order valence-electron chi connectivity index (χ1n) is 3.73. The van der Waals surface area contributed by atoms with Crippen LogP contribution in [0.1, 0.15) is 12.5 Å². The molecule has 0 spiro atoms. The van der Waals surface area contributed by atoms with Crippen LogP contribution in [0.5, 0.6) is 0 Å². The van der Waals surface area contributed by atoms with E-state index in [1.165, 1.54) is 0 Å². The molecule has 12 heavy (non-hydrogen) atoms. The highest BCUT2D eigenvalue weighted by Gasteiger charge is 1.94. The molecule has 0 saturated carbocycles. The van der Waals surface area contributed by atoms with Crippen LogP contribution in [0.25, 0.3) is 0 Å². The van der Waals surface area contributed by atoms with Gasteiger partial charge in [0.15, 0.2) is 0 Å². The van der Waals surface area contributed by atoms with Gasteiger partial charge < -0.3 is 5.73 Å². The molecule has 0 unspecified atom stereocenters. The van der Waals surface area contributed by atoms with Crippen molar-refractivity contribution in [3.05, 3.63) is 47.7 Å². The minimum atomic E-state index is 0.740. The zero-order valence-electron chi connectivity index (χ0n) is 6.95. The summed E-state index contributed by atoms with van der Waals surface area (Å²) in [5.74, 6) is 0. The second kappa shape index (κ2) is 4.02. The van der Waals surface area contributed by atoms with E-state index in [4.69, 9.17) is 18.0 Å². The summed E-state index contributed by atoms with van der Waals surface area (Å²) in [6, 6.07) is 9.83. The molecule has 0 aliphatic heterocycles. The third-order valence-electron chi connectivity index (χ3n) is 1.42. The summed E-state index contributed by atoms with van der Waals surface area (Å²) in [5.41, 5.74) is 7.28. The monoisotopic (exact) mass is 177 g/mol. The Morgan fingerprint density at radius 1 is 1.33 bits per heavy atom. The number of nitrogens with two attached hydrogens (primary N) is 1. The van der Waals surface area contributed by atoms with Gasteiger partial charge in [-0.15, -0.1) is 0 Å². The lowest BCUT2D eigenvalue weighted by molar-refractivity contribution is 1.33. The Kier molecular flexibility index (Phi) is 3.00. The Hall–Kier alpha value is -1.15. The van der Waals surface area contributed by atoms with E-state index < -0.39 is 0 Å². The first-order chi connectivity index (χ1) is 5.70. The summed E-state index contributed by atoms with van der Waals surface area (Å²) < 4.78 is 0. The van der Waals surface area contributed by atoms with Gasteiger partial charge in [0.1, 0.15) is 0 Å². The van der Waals surface area contributed by atoms with Crippen LogP contribution in [-0.2, 0) is 0 Å². The highest BCUT2D eigenvalue weighted by Crippen LogP contribution is 2.02. The standard InChI is InChI=1S/C10H11NS/c1-8(11)7-10(12)9-5-3-2-4-6-9/h2-7H,11H2,1H3/b8-7-. The summed E-state index contributed by atoms with van der Waals surface area (Å²) in [5, 5.41) is 0. The van der Waals surface area contributed by atoms with E-state index in [-0.39, 0.29) is 0 Å². The average Bonchev–Trinajstić information content (AvgIpc) is 2.05. The summed E-state index contributed by atoms with van der Waals surface area (Å²) in [6.45, 7) is 1.83. The zero-order valence-corrected chi connectivity index (χ0v) is 7.77. The fourth-order valence-electron chi connectivity index (χ4n) is 0.893. The summed E-state index contributed by atoms with van der Waals surface area (Å²) in [7, 11) is 0. The molecular weight excluding hydrogens is 166 g/mol. The molecule has 1 rings (SSSR count). The Morgan fingerprint density at radius 3 is 2.42 bits per heavy atom. The van der Waals surface area contributed by atoms with Gasteiger partial charge in [0.05, 0.1) is 0 Å². The van der Waals surface area contributed by atoms with E-state index in [2.05, 4.69) is 0 Å². The quantitative estimate of drug-likeness (QED) is 0.426. The molecule has 62 valence electrons. The number of hydrogen-bond donors (Lipinski definition) is 1. The molecule has 0 heterocycles. The molecule has 0 radical (unpaired) electrons. The first kappa shape index (κ1) is 8.94. The molecule has 2 N–H and O–H groups in total. The Morgan fingerprint density at radius 2 is 1.92 bits per heavy atom. The molecule has 0 aliphatic rings. The van der Waals surface area contributed by atoms with Crippen molar-refractivity contribution < 1.29 is 0 Å². The van der Waals surface area contributed by atoms with Crippen LogP contribution in [0.3, 0.4) is 0 Å². The smallest absolute Gasteiger partial charge is 0.0466 e. The van der Waals surface area contributed by atoms with Gasteiger partial charge in [-0.25, -0.2) is 0 Å². The van der Waals surface area contributed by atoms with Gasteiger partial charge in [-0.3, -0.25) is 0 Å². The lowest BCUT2D eigenvalue weighted by Gasteiger charge is -1.97. The third-order valence-corrected chi connectivity index (χ3v) is 1.77. The predicted octanol–water partition coefficient (Wildman–Crippen LogP) is 2.27. The van der Waals surface area contributed by atoms with E-state index >= 15 is 0 Å². The minimum Gasteiger partial charge on any atom is -0.402 e. The maximum Gasteiger partial charge on any atom is 0.0466 e. The largest absolute Gasteiger partial charge is 0.402 e. The highest BCUT2D eigenvalue weighted by molar-refractivity contribution is 7.81. The van der Waals surface area contributed by atoms with Crippen molar-refractivity contribution in [2.75, 3.05) is 0 Å². The van der Waals surface area contributed by atoms with E-state index in [0.29, 0.717) is 0 Å². The molecule has 0 bridgehead atoms. The Bertz CT molecular complexity index is 297. The molecule has 0 saturated heterocycles. The number of hydrogen-bond acceptors (Lipinski definition) is 2. The van der Waals surface area contributed by atoms with E-state index in [1.54, 1.807) is 6.08 Å². The molecule has 0 fully saturated rings. The predicted molar refractivity (Wildman–Crippen MR) is 56.1 cm³/mol. The molecule has 1 nitrogen and oxygen atoms in total. The van der Waals surface area contributed by atoms with E-state index in [0.717, 1.165) is 16.1 Å². The van der Waals surface area contributed by atoms with Gasteiger partial charge in [-0.2, -0.15) is 0 Å². The van der Waals surface area contributed by atoms with E-state index in [9.17, 15) is 0 Å². The van der Waals surface area contributed by atoms with Crippen molar-refractivity contribution >= 4 is 17.1 Å². The summed E-state index contributed by atoms with van der Waals surface area (Å²) in [4.78, 5) is 0.788. The molecule has 0 atom stereocenters. The van der Waals surface area contributed by atoms with Crippen LogP contribution in [-0.4, -0.2) is 4.86 Å². The molecule has 0 aromatic heterocycles. The lowest BCUT2D eigenvalue weighted by Crippen LogP contribution is -1.98. The van der Waals surface area contributed by atoms with Crippen LogP contribution in [0.15, 0.2) is 42.1 Å². The maximum atomic E-state index is 5.50. The number of benzene rings is 1. The van der Waals surface area contributed by atoms with Crippen LogP contribution in [0, 0.1) is 0 Å². The highest BCUT2D eigenvalue weighted by atomic mass is 32.1. The van der Waals surface area contributed by atoms with Gasteiger partial charge >= 0.3 is 0 Å². The van der Waals surface area contributed by atoms with Gasteiger partial charge in [0, 0.05) is 10.6 Å². The lowest BCUT2D eigenvalue weighted by atomic mass is 10.1. The van der Waals surface area contributed by atoms with Crippen LogP contribution in [0.4, 0.5) is 0 Å². The second-order valence-corrected chi connectivity index (χ2v) is 3.06. The van der Waals surface area contributed by atoms with Crippen molar-refractivity contribution in [2.24, 2.45) is 5.73 Å². The van der Waals surface area contributed by atoms with Crippen molar-refractivity contribution in [2.45, 2.75) is 6.92 Å². The number of rotatable bonds is 2. The second-order valence-electron chi connectivity index (χ2n) is 2.62. The van der Waals surface area contributed by atoms with Crippen molar-refractivity contribution in [1.82, 2.24) is 0 Å². The fourth-order valence-corrected chi connectivity index (χ4v) is 1.21. The maximum absolute atomic E-state index is 5.50. The topological polar surface area (TPSA) is 26.0 Å². The molecule has 0 amide bonds. The van der Waals surface area contributed by atoms with Crippen LogP contribution < -0.4 is 5.73 Å². The Balaban J connectivity index is 2.87. The SMILES string of the molecule is C/C(N)=C/C(=S)c1ccccc1. The molecular formula is C10H11NS. The normalized spacial score (nSPS) is 11.2. The minimum absolute atomic E-state index is 0.740. The third kappa shape index (κ3) is 2.47. The van der Waals surface area contributed by atoms with Gasteiger partial charge in [0.25, 0.3) is 0 Å². The van der Waals surface area contributed by atoms with Crippen molar-refractivity contribution in [1.29, 1.82) is 0 Å². The summed E-state index contributed by atoms with van der Waals surface area (Å²) >= 11 is 5.14. The average molecular weight is 177 g/mol. The fraction of sp³-hybridized carbons (Fsp3) is 0.100. The van der Waals surface area contributed by atoms with Crippen LogP contribution in [0.2, 0.25) is 0 Å². The van der Waals surface area contributed by atoms with Crippen LogP contribution >= 0.6 is 12.2 Å². The number of thiocarbonyl (C=S) groups is 1. The van der Waals surface area contributed by atoms with E-state index in [1.807, 2.05) is 37.3 Å². The number of allylic oxidation sites excluding steroid dienone is 2.